The molecule has 1 aromatic carbocycles. The average molecular weight is 440 g/mol. The largest absolute Gasteiger partial charge is 0.383 e. The molecule has 4 rings (SSSR count). The Morgan fingerprint density at radius 3 is 2.71 bits per heavy atom. The quantitative estimate of drug-likeness (QED) is 0.293. The summed E-state index contributed by atoms with van der Waals surface area (Å²) < 4.78 is 9.15. The van der Waals surface area contributed by atoms with Crippen molar-refractivity contribution in [3.05, 3.63) is 57.6 Å². The van der Waals surface area contributed by atoms with E-state index in [1.165, 1.54) is 11.8 Å². The summed E-state index contributed by atoms with van der Waals surface area (Å²) in [6.45, 7) is 5.31. The van der Waals surface area contributed by atoms with E-state index in [9.17, 15) is 9.59 Å². The van der Waals surface area contributed by atoms with Gasteiger partial charge in [-0.25, -0.2) is 4.98 Å². The smallest absolute Gasteiger partial charge is 0.262 e. The van der Waals surface area contributed by atoms with Crippen LogP contribution in [0, 0.1) is 13.8 Å². The SMILES string of the molecule is COCCn1c(C)cc(C(=O)CSc2nc3ccccc3c(=O)n2C2CCCC2)c1C. The Hall–Kier alpha value is -2.38. The van der Waals surface area contributed by atoms with Crippen LogP contribution in [0.25, 0.3) is 10.9 Å². The number of aryl methyl sites for hydroxylation is 1. The Morgan fingerprint density at radius 1 is 1.23 bits per heavy atom. The molecule has 31 heavy (non-hydrogen) atoms. The topological polar surface area (TPSA) is 66.1 Å². The Labute approximate surface area is 186 Å². The number of carbonyl (C=O) groups excluding carboxylic acids is 1. The Bertz CT molecular complexity index is 1160. The van der Waals surface area contributed by atoms with Gasteiger partial charge in [-0.3, -0.25) is 14.2 Å². The van der Waals surface area contributed by atoms with Gasteiger partial charge in [-0.1, -0.05) is 36.7 Å². The zero-order valence-electron chi connectivity index (χ0n) is 18.4. The highest BCUT2D eigenvalue weighted by molar-refractivity contribution is 7.99. The van der Waals surface area contributed by atoms with Crippen molar-refractivity contribution in [3.8, 4) is 0 Å². The highest BCUT2D eigenvalue weighted by atomic mass is 32.2. The summed E-state index contributed by atoms with van der Waals surface area (Å²) in [7, 11) is 1.68. The molecule has 3 aromatic rings. The number of thioether (sulfide) groups is 1. The lowest BCUT2D eigenvalue weighted by Crippen LogP contribution is -2.26. The van der Waals surface area contributed by atoms with Crippen LogP contribution in [-0.2, 0) is 11.3 Å². The lowest BCUT2D eigenvalue weighted by molar-refractivity contribution is 0.102. The van der Waals surface area contributed by atoms with Gasteiger partial charge < -0.3 is 9.30 Å². The summed E-state index contributed by atoms with van der Waals surface area (Å²) in [5, 5.41) is 1.30. The second kappa shape index (κ2) is 9.40. The Balaban J connectivity index is 1.62. The van der Waals surface area contributed by atoms with Gasteiger partial charge in [0.15, 0.2) is 10.9 Å². The highest BCUT2D eigenvalue weighted by Gasteiger charge is 2.24. The van der Waals surface area contributed by atoms with E-state index in [4.69, 9.17) is 9.72 Å². The van der Waals surface area contributed by atoms with E-state index < -0.39 is 0 Å². The van der Waals surface area contributed by atoms with E-state index in [1.54, 1.807) is 7.11 Å². The minimum Gasteiger partial charge on any atom is -0.383 e. The van der Waals surface area contributed by atoms with Crippen molar-refractivity contribution in [1.82, 2.24) is 14.1 Å². The molecule has 164 valence electrons. The van der Waals surface area contributed by atoms with Crippen molar-refractivity contribution in [2.75, 3.05) is 19.5 Å². The molecule has 0 aliphatic heterocycles. The van der Waals surface area contributed by atoms with E-state index >= 15 is 0 Å². The maximum absolute atomic E-state index is 13.3. The number of ketones is 1. The van der Waals surface area contributed by atoms with Gasteiger partial charge in [0.05, 0.1) is 23.3 Å². The number of fused-ring (bicyclic) bond motifs is 1. The fourth-order valence-electron chi connectivity index (χ4n) is 4.53. The molecule has 0 saturated heterocycles. The average Bonchev–Trinajstić information content (AvgIpc) is 3.39. The van der Waals surface area contributed by atoms with Crippen LogP contribution in [0.5, 0.6) is 0 Å². The van der Waals surface area contributed by atoms with E-state index in [2.05, 4.69) is 4.57 Å². The fraction of sp³-hybridized carbons (Fsp3) is 0.458. The second-order valence-electron chi connectivity index (χ2n) is 8.17. The summed E-state index contributed by atoms with van der Waals surface area (Å²) in [5.74, 6) is 0.314. The molecule has 1 fully saturated rings. The molecule has 0 amide bonds. The lowest BCUT2D eigenvalue weighted by atomic mass is 10.2. The van der Waals surface area contributed by atoms with Gasteiger partial charge >= 0.3 is 0 Å². The molecular weight excluding hydrogens is 410 g/mol. The third-order valence-corrected chi connectivity index (χ3v) is 7.14. The van der Waals surface area contributed by atoms with E-state index in [1.807, 2.05) is 48.7 Å². The molecule has 0 atom stereocenters. The van der Waals surface area contributed by atoms with Gasteiger partial charge in [-0.15, -0.1) is 0 Å². The highest BCUT2D eigenvalue weighted by Crippen LogP contribution is 2.32. The van der Waals surface area contributed by atoms with Crippen molar-refractivity contribution in [2.45, 2.75) is 57.3 Å². The molecule has 1 saturated carbocycles. The molecule has 6 nitrogen and oxygen atoms in total. The van der Waals surface area contributed by atoms with Crippen molar-refractivity contribution >= 4 is 28.4 Å². The molecule has 2 heterocycles. The maximum Gasteiger partial charge on any atom is 0.262 e. The van der Waals surface area contributed by atoms with Gasteiger partial charge in [-0.05, 0) is 44.9 Å². The normalized spacial score (nSPS) is 14.5. The number of ether oxygens (including phenoxy) is 1. The molecule has 0 spiro atoms. The Morgan fingerprint density at radius 2 is 1.97 bits per heavy atom. The molecule has 7 heteroatoms. The predicted molar refractivity (Wildman–Crippen MR) is 124 cm³/mol. The van der Waals surface area contributed by atoms with Crippen LogP contribution in [0.15, 0.2) is 40.3 Å². The van der Waals surface area contributed by atoms with Crippen LogP contribution in [0.2, 0.25) is 0 Å². The number of carbonyl (C=O) groups is 1. The summed E-state index contributed by atoms with van der Waals surface area (Å²) in [5.41, 5.74) is 3.44. The molecule has 0 unspecified atom stereocenters. The van der Waals surface area contributed by atoms with Crippen molar-refractivity contribution in [1.29, 1.82) is 0 Å². The molecule has 1 aliphatic carbocycles. The Kier molecular flexibility index (Phi) is 6.62. The number of benzene rings is 1. The zero-order chi connectivity index (χ0) is 22.0. The summed E-state index contributed by atoms with van der Waals surface area (Å²) in [6, 6.07) is 9.59. The molecule has 2 aromatic heterocycles. The molecule has 0 N–H and O–H groups in total. The van der Waals surface area contributed by atoms with Gasteiger partial charge in [0.1, 0.15) is 0 Å². The van der Waals surface area contributed by atoms with Crippen LogP contribution < -0.4 is 5.56 Å². The number of Topliss-reactive ketones (excluding diaryl/α,β-unsaturated/α-hetero) is 1. The standard InChI is InChI=1S/C24H29N3O3S/c1-16-14-20(17(2)26(16)12-13-30-3)22(28)15-31-24-25-21-11-7-6-10-19(21)23(29)27(24)18-8-4-5-9-18/h6-7,10-11,14,18H,4-5,8-9,12-13,15H2,1-3H3. The van der Waals surface area contributed by atoms with E-state index in [0.717, 1.165) is 49.2 Å². The van der Waals surface area contributed by atoms with Crippen molar-refractivity contribution < 1.29 is 9.53 Å². The number of methoxy groups -OCH3 is 1. The number of para-hydroxylation sites is 1. The van der Waals surface area contributed by atoms with Crippen molar-refractivity contribution in [2.24, 2.45) is 0 Å². The maximum atomic E-state index is 13.3. The number of rotatable bonds is 8. The van der Waals surface area contributed by atoms with Gasteiger partial charge in [0.2, 0.25) is 0 Å². The summed E-state index contributed by atoms with van der Waals surface area (Å²) in [6.07, 6.45) is 4.23. The van der Waals surface area contributed by atoms with Gasteiger partial charge in [0.25, 0.3) is 5.56 Å². The molecular formula is C24H29N3O3S. The van der Waals surface area contributed by atoms with Crippen LogP contribution >= 0.6 is 11.8 Å². The summed E-state index contributed by atoms with van der Waals surface area (Å²) >= 11 is 1.38. The number of hydrogen-bond donors (Lipinski definition) is 0. The van der Waals surface area contributed by atoms with E-state index in [-0.39, 0.29) is 23.1 Å². The van der Waals surface area contributed by atoms with E-state index in [0.29, 0.717) is 22.7 Å². The zero-order valence-corrected chi connectivity index (χ0v) is 19.2. The first kappa shape index (κ1) is 21.8. The fourth-order valence-corrected chi connectivity index (χ4v) is 5.48. The third kappa shape index (κ3) is 4.34. The summed E-state index contributed by atoms with van der Waals surface area (Å²) in [4.78, 5) is 31.1. The minimum absolute atomic E-state index is 0.00481. The second-order valence-corrected chi connectivity index (χ2v) is 9.11. The third-order valence-electron chi connectivity index (χ3n) is 6.19. The number of hydrogen-bond acceptors (Lipinski definition) is 5. The van der Waals surface area contributed by atoms with Crippen LogP contribution in [0.4, 0.5) is 0 Å². The number of nitrogens with zero attached hydrogens (tertiary/aromatic N) is 3. The first-order valence-electron chi connectivity index (χ1n) is 10.8. The van der Waals surface area contributed by atoms with Crippen molar-refractivity contribution in [3.63, 3.8) is 0 Å². The molecule has 0 bridgehead atoms. The van der Waals surface area contributed by atoms with Gasteiger partial charge in [-0.2, -0.15) is 0 Å². The first-order chi connectivity index (χ1) is 15.0. The lowest BCUT2D eigenvalue weighted by Gasteiger charge is -2.18. The minimum atomic E-state index is 0.00481. The van der Waals surface area contributed by atoms with Crippen LogP contribution in [0.3, 0.4) is 0 Å². The van der Waals surface area contributed by atoms with Crippen LogP contribution in [-0.4, -0.2) is 39.4 Å². The number of aromatic nitrogens is 3. The first-order valence-corrected chi connectivity index (χ1v) is 11.8. The predicted octanol–water partition coefficient (Wildman–Crippen LogP) is 4.55. The molecule has 0 radical (unpaired) electrons. The van der Waals surface area contributed by atoms with Gasteiger partial charge in [0, 0.05) is 36.6 Å². The molecule has 1 aliphatic rings. The monoisotopic (exact) mass is 439 g/mol. The van der Waals surface area contributed by atoms with Crippen LogP contribution in [0.1, 0.15) is 53.5 Å².